The van der Waals surface area contributed by atoms with Crippen molar-refractivity contribution in [2.24, 2.45) is 0 Å². The van der Waals surface area contributed by atoms with Crippen molar-refractivity contribution in [3.8, 4) is 11.5 Å². The standard InChI is InChI=1S/C12H14O4/c1-14-10-5-3-4-9-8(6-11(13)15-2)7-16-12(9)10/h3-5,8H,6-7H2,1-2H3/t8-/m0/s1. The topological polar surface area (TPSA) is 44.8 Å². The lowest BCUT2D eigenvalue weighted by Crippen LogP contribution is -2.09. The average molecular weight is 222 g/mol. The number of fused-ring (bicyclic) bond motifs is 1. The van der Waals surface area contributed by atoms with Crippen LogP contribution in [0.5, 0.6) is 11.5 Å². The quantitative estimate of drug-likeness (QED) is 0.731. The van der Waals surface area contributed by atoms with Crippen LogP contribution in [0.15, 0.2) is 18.2 Å². The molecule has 1 aliphatic rings. The normalized spacial score (nSPS) is 17.5. The van der Waals surface area contributed by atoms with Crippen LogP contribution in [0.3, 0.4) is 0 Å². The van der Waals surface area contributed by atoms with E-state index >= 15 is 0 Å². The average Bonchev–Trinajstić information content (AvgIpc) is 2.72. The Morgan fingerprint density at radius 3 is 3.00 bits per heavy atom. The number of ether oxygens (including phenoxy) is 3. The van der Waals surface area contributed by atoms with Gasteiger partial charge in [0.25, 0.3) is 0 Å². The molecule has 0 saturated carbocycles. The fourth-order valence-electron chi connectivity index (χ4n) is 1.90. The van der Waals surface area contributed by atoms with Gasteiger partial charge in [0.2, 0.25) is 0 Å². The van der Waals surface area contributed by atoms with Crippen molar-refractivity contribution in [2.75, 3.05) is 20.8 Å². The van der Waals surface area contributed by atoms with Crippen LogP contribution in [0.1, 0.15) is 17.9 Å². The van der Waals surface area contributed by atoms with E-state index in [0.29, 0.717) is 18.8 Å². The van der Waals surface area contributed by atoms with Crippen molar-refractivity contribution >= 4 is 5.97 Å². The Hall–Kier alpha value is -1.71. The number of carbonyl (C=O) groups excluding carboxylic acids is 1. The highest BCUT2D eigenvalue weighted by Gasteiger charge is 2.28. The van der Waals surface area contributed by atoms with Gasteiger partial charge in [-0.15, -0.1) is 0 Å². The highest BCUT2D eigenvalue weighted by atomic mass is 16.5. The second kappa shape index (κ2) is 4.43. The first-order chi connectivity index (χ1) is 7.76. The minimum absolute atomic E-state index is 0.0672. The number of esters is 1. The van der Waals surface area contributed by atoms with Crippen molar-refractivity contribution < 1.29 is 19.0 Å². The summed E-state index contributed by atoms with van der Waals surface area (Å²) in [5.41, 5.74) is 1.02. The van der Waals surface area contributed by atoms with E-state index < -0.39 is 0 Å². The molecule has 16 heavy (non-hydrogen) atoms. The first-order valence-corrected chi connectivity index (χ1v) is 5.12. The number of benzene rings is 1. The molecule has 1 atom stereocenters. The molecule has 1 aromatic carbocycles. The minimum Gasteiger partial charge on any atom is -0.493 e. The summed E-state index contributed by atoms with van der Waals surface area (Å²) in [5.74, 6) is 1.31. The first kappa shape index (κ1) is 10.8. The molecule has 0 fully saturated rings. The van der Waals surface area contributed by atoms with Gasteiger partial charge in [-0.1, -0.05) is 12.1 Å². The molecule has 4 nitrogen and oxygen atoms in total. The van der Waals surface area contributed by atoms with E-state index in [1.807, 2.05) is 18.2 Å². The van der Waals surface area contributed by atoms with Crippen molar-refractivity contribution in [3.05, 3.63) is 23.8 Å². The molecule has 0 amide bonds. The van der Waals surface area contributed by atoms with Gasteiger partial charge in [0.15, 0.2) is 11.5 Å². The van der Waals surface area contributed by atoms with Crippen LogP contribution in [-0.4, -0.2) is 26.8 Å². The Balaban J connectivity index is 2.23. The number of para-hydroxylation sites is 1. The Labute approximate surface area is 94.1 Å². The first-order valence-electron chi connectivity index (χ1n) is 5.12. The smallest absolute Gasteiger partial charge is 0.306 e. The lowest BCUT2D eigenvalue weighted by atomic mass is 9.98. The van der Waals surface area contributed by atoms with E-state index in [9.17, 15) is 4.79 Å². The van der Waals surface area contributed by atoms with Crippen molar-refractivity contribution in [2.45, 2.75) is 12.3 Å². The van der Waals surface area contributed by atoms with Crippen LogP contribution in [-0.2, 0) is 9.53 Å². The molecular formula is C12H14O4. The Kier molecular flexibility index (Phi) is 2.99. The molecule has 0 spiro atoms. The molecule has 86 valence electrons. The molecule has 2 rings (SSSR count). The summed E-state index contributed by atoms with van der Waals surface area (Å²) in [5, 5.41) is 0. The zero-order valence-corrected chi connectivity index (χ0v) is 9.36. The van der Waals surface area contributed by atoms with E-state index in [0.717, 1.165) is 11.3 Å². The summed E-state index contributed by atoms with van der Waals surface area (Å²) in [6, 6.07) is 5.70. The number of hydrogen-bond acceptors (Lipinski definition) is 4. The Morgan fingerprint density at radius 1 is 1.50 bits per heavy atom. The maximum atomic E-state index is 11.2. The van der Waals surface area contributed by atoms with E-state index in [4.69, 9.17) is 9.47 Å². The molecular weight excluding hydrogens is 208 g/mol. The van der Waals surface area contributed by atoms with Gasteiger partial charge in [-0.05, 0) is 6.07 Å². The van der Waals surface area contributed by atoms with E-state index in [2.05, 4.69) is 4.74 Å². The zero-order valence-electron chi connectivity index (χ0n) is 9.36. The lowest BCUT2D eigenvalue weighted by molar-refractivity contribution is -0.141. The number of carbonyl (C=O) groups is 1. The third kappa shape index (κ3) is 1.83. The summed E-state index contributed by atoms with van der Waals surface area (Å²) in [4.78, 5) is 11.2. The fourth-order valence-corrected chi connectivity index (χ4v) is 1.90. The van der Waals surface area contributed by atoms with E-state index in [-0.39, 0.29) is 11.9 Å². The molecule has 0 saturated heterocycles. The van der Waals surface area contributed by atoms with Crippen LogP contribution in [0, 0.1) is 0 Å². The summed E-state index contributed by atoms with van der Waals surface area (Å²) in [7, 11) is 3.00. The second-order valence-corrected chi connectivity index (χ2v) is 3.67. The molecule has 1 heterocycles. The monoisotopic (exact) mass is 222 g/mol. The number of hydrogen-bond donors (Lipinski definition) is 0. The van der Waals surface area contributed by atoms with Gasteiger partial charge in [0, 0.05) is 11.5 Å². The van der Waals surface area contributed by atoms with Gasteiger partial charge in [-0.3, -0.25) is 4.79 Å². The fraction of sp³-hybridized carbons (Fsp3) is 0.417. The van der Waals surface area contributed by atoms with Crippen molar-refractivity contribution in [1.82, 2.24) is 0 Å². The zero-order chi connectivity index (χ0) is 11.5. The van der Waals surface area contributed by atoms with Gasteiger partial charge in [-0.2, -0.15) is 0 Å². The van der Waals surface area contributed by atoms with Gasteiger partial charge in [0.05, 0.1) is 27.2 Å². The summed E-state index contributed by atoms with van der Waals surface area (Å²) >= 11 is 0. The molecule has 0 radical (unpaired) electrons. The van der Waals surface area contributed by atoms with Crippen LogP contribution in [0.25, 0.3) is 0 Å². The molecule has 4 heteroatoms. The van der Waals surface area contributed by atoms with Crippen LogP contribution in [0.2, 0.25) is 0 Å². The molecule has 0 N–H and O–H groups in total. The van der Waals surface area contributed by atoms with Gasteiger partial charge < -0.3 is 14.2 Å². The van der Waals surface area contributed by atoms with Crippen LogP contribution < -0.4 is 9.47 Å². The third-order valence-electron chi connectivity index (χ3n) is 2.74. The number of rotatable bonds is 3. The van der Waals surface area contributed by atoms with Gasteiger partial charge >= 0.3 is 5.97 Å². The van der Waals surface area contributed by atoms with Gasteiger partial charge in [-0.25, -0.2) is 0 Å². The number of methoxy groups -OCH3 is 2. The summed E-state index contributed by atoms with van der Waals surface area (Å²) in [6.07, 6.45) is 0.344. The Bertz CT molecular complexity index is 400. The van der Waals surface area contributed by atoms with E-state index in [1.165, 1.54) is 7.11 Å². The summed E-state index contributed by atoms with van der Waals surface area (Å²) in [6.45, 7) is 0.505. The SMILES string of the molecule is COC(=O)C[C@H]1COc2c(OC)cccc21. The van der Waals surface area contributed by atoms with Crippen LogP contribution in [0.4, 0.5) is 0 Å². The molecule has 0 unspecified atom stereocenters. The predicted molar refractivity (Wildman–Crippen MR) is 57.9 cm³/mol. The summed E-state index contributed by atoms with van der Waals surface area (Å²) < 4.78 is 15.4. The maximum absolute atomic E-state index is 11.2. The van der Waals surface area contributed by atoms with Crippen LogP contribution >= 0.6 is 0 Å². The van der Waals surface area contributed by atoms with Crippen molar-refractivity contribution in [1.29, 1.82) is 0 Å². The van der Waals surface area contributed by atoms with E-state index in [1.54, 1.807) is 7.11 Å². The molecule has 0 bridgehead atoms. The Morgan fingerprint density at radius 2 is 2.31 bits per heavy atom. The minimum atomic E-state index is -0.218. The van der Waals surface area contributed by atoms with Crippen molar-refractivity contribution in [3.63, 3.8) is 0 Å². The molecule has 0 aliphatic carbocycles. The molecule has 0 aromatic heterocycles. The predicted octanol–water partition coefficient (Wildman–Crippen LogP) is 1.73. The maximum Gasteiger partial charge on any atom is 0.306 e. The molecule has 1 aliphatic heterocycles. The highest BCUT2D eigenvalue weighted by Crippen LogP contribution is 2.42. The lowest BCUT2D eigenvalue weighted by Gasteiger charge is -2.07. The second-order valence-electron chi connectivity index (χ2n) is 3.67. The largest absolute Gasteiger partial charge is 0.493 e. The highest BCUT2D eigenvalue weighted by molar-refractivity contribution is 5.71. The van der Waals surface area contributed by atoms with Gasteiger partial charge in [0.1, 0.15) is 0 Å². The third-order valence-corrected chi connectivity index (χ3v) is 2.74. The molecule has 1 aromatic rings.